The number of sulfonamides is 1. The number of nitrogens with one attached hydrogen (secondary N) is 1. The zero-order valence-electron chi connectivity index (χ0n) is 12.7. The highest BCUT2D eigenvalue weighted by Crippen LogP contribution is 2.18. The molecule has 1 amide bonds. The van der Waals surface area contributed by atoms with Crippen molar-refractivity contribution in [2.75, 3.05) is 18.1 Å². The summed E-state index contributed by atoms with van der Waals surface area (Å²) >= 11 is 0. The minimum atomic E-state index is -3.40. The first-order valence-electron chi connectivity index (χ1n) is 6.53. The maximum absolute atomic E-state index is 13.0. The average molecular weight is 316 g/mol. The Kier molecular flexibility index (Phi) is 5.47. The van der Waals surface area contributed by atoms with Crippen molar-refractivity contribution in [1.29, 1.82) is 0 Å². The summed E-state index contributed by atoms with van der Waals surface area (Å²) in [6.45, 7) is 5.36. The summed E-state index contributed by atoms with van der Waals surface area (Å²) in [5.74, 6) is -0.807. The summed E-state index contributed by atoms with van der Waals surface area (Å²) < 4.78 is 37.8. The number of hydrogen-bond donors (Lipinski definition) is 1. The molecule has 21 heavy (non-hydrogen) atoms. The van der Waals surface area contributed by atoms with E-state index >= 15 is 0 Å². The molecule has 0 aliphatic carbocycles. The lowest BCUT2D eigenvalue weighted by Crippen LogP contribution is -2.46. The van der Waals surface area contributed by atoms with Gasteiger partial charge in [-0.1, -0.05) is 6.07 Å². The van der Waals surface area contributed by atoms with Crippen molar-refractivity contribution in [3.05, 3.63) is 30.1 Å². The highest BCUT2D eigenvalue weighted by atomic mass is 32.2. The largest absolute Gasteiger partial charge is 0.326 e. The van der Waals surface area contributed by atoms with Crippen LogP contribution in [0.25, 0.3) is 0 Å². The number of amides is 1. The molecule has 7 heteroatoms. The van der Waals surface area contributed by atoms with E-state index in [2.05, 4.69) is 5.32 Å². The highest BCUT2D eigenvalue weighted by Gasteiger charge is 2.29. The van der Waals surface area contributed by atoms with Crippen LogP contribution in [0.3, 0.4) is 0 Å². The second kappa shape index (κ2) is 6.53. The van der Waals surface area contributed by atoms with Crippen molar-refractivity contribution < 1.29 is 17.6 Å². The molecule has 0 atom stereocenters. The van der Waals surface area contributed by atoms with Crippen LogP contribution in [0.4, 0.5) is 10.1 Å². The van der Waals surface area contributed by atoms with Gasteiger partial charge in [0.2, 0.25) is 15.9 Å². The fraction of sp³-hybridized carbons (Fsp3) is 0.500. The molecule has 0 bridgehead atoms. The van der Waals surface area contributed by atoms with E-state index in [1.807, 2.05) is 0 Å². The third-order valence-corrected chi connectivity index (χ3v) is 4.33. The van der Waals surface area contributed by atoms with Crippen molar-refractivity contribution in [3.63, 3.8) is 0 Å². The van der Waals surface area contributed by atoms with E-state index in [0.717, 1.165) is 6.26 Å². The molecule has 1 N–H and O–H groups in total. The molecule has 0 saturated carbocycles. The van der Waals surface area contributed by atoms with E-state index in [0.29, 0.717) is 5.69 Å². The lowest BCUT2D eigenvalue weighted by molar-refractivity contribution is -0.116. The van der Waals surface area contributed by atoms with Crippen LogP contribution in [0.15, 0.2) is 24.3 Å². The van der Waals surface area contributed by atoms with Gasteiger partial charge in [0, 0.05) is 24.2 Å². The Morgan fingerprint density at radius 2 is 1.95 bits per heavy atom. The Morgan fingerprint density at radius 3 is 2.43 bits per heavy atom. The van der Waals surface area contributed by atoms with Crippen LogP contribution in [0.1, 0.15) is 27.2 Å². The van der Waals surface area contributed by atoms with Crippen molar-refractivity contribution in [3.8, 4) is 0 Å². The zero-order chi connectivity index (χ0) is 16.3. The molecule has 0 unspecified atom stereocenters. The van der Waals surface area contributed by atoms with Crippen LogP contribution in [0, 0.1) is 5.82 Å². The minimum Gasteiger partial charge on any atom is -0.326 e. The number of carbonyl (C=O) groups is 1. The molecule has 1 aromatic rings. The van der Waals surface area contributed by atoms with Crippen molar-refractivity contribution in [2.24, 2.45) is 0 Å². The summed E-state index contributed by atoms with van der Waals surface area (Å²) in [5, 5.41) is 2.54. The molecular weight excluding hydrogens is 295 g/mol. The van der Waals surface area contributed by atoms with Gasteiger partial charge in [-0.25, -0.2) is 12.8 Å². The normalized spacial score (nSPS) is 12.5. The number of benzene rings is 1. The van der Waals surface area contributed by atoms with E-state index in [9.17, 15) is 17.6 Å². The third kappa shape index (κ3) is 5.81. The zero-order valence-corrected chi connectivity index (χ0v) is 13.5. The quantitative estimate of drug-likeness (QED) is 0.906. The molecule has 0 radical (unpaired) electrons. The van der Waals surface area contributed by atoms with Crippen LogP contribution in [0.5, 0.6) is 0 Å². The van der Waals surface area contributed by atoms with E-state index in [-0.39, 0.29) is 18.9 Å². The average Bonchev–Trinajstić information content (AvgIpc) is 2.24. The molecule has 1 rings (SSSR count). The summed E-state index contributed by atoms with van der Waals surface area (Å²) in [6.07, 6.45) is 1.11. The molecule has 0 aromatic heterocycles. The van der Waals surface area contributed by atoms with Gasteiger partial charge in [-0.2, -0.15) is 4.31 Å². The number of rotatable bonds is 5. The molecule has 0 saturated heterocycles. The summed E-state index contributed by atoms with van der Waals surface area (Å²) in [5.41, 5.74) is -0.256. The van der Waals surface area contributed by atoms with Crippen molar-refractivity contribution in [2.45, 2.75) is 32.7 Å². The summed E-state index contributed by atoms with van der Waals surface area (Å²) in [7, 11) is -3.40. The number of carbonyl (C=O) groups excluding carboxylic acids is 1. The second-order valence-corrected chi connectivity index (χ2v) is 7.72. The van der Waals surface area contributed by atoms with Crippen LogP contribution in [-0.4, -0.2) is 37.0 Å². The van der Waals surface area contributed by atoms with Crippen LogP contribution >= 0.6 is 0 Å². The number of halogens is 1. The first-order valence-corrected chi connectivity index (χ1v) is 8.38. The predicted octanol–water partition coefficient (Wildman–Crippen LogP) is 2.21. The monoisotopic (exact) mass is 316 g/mol. The molecule has 0 fully saturated rings. The highest BCUT2D eigenvalue weighted by molar-refractivity contribution is 7.88. The van der Waals surface area contributed by atoms with Crippen molar-refractivity contribution >= 4 is 21.6 Å². The molecule has 0 aliphatic heterocycles. The number of anilines is 1. The smallest absolute Gasteiger partial charge is 0.225 e. The van der Waals surface area contributed by atoms with E-state index in [1.54, 1.807) is 26.8 Å². The Hall–Kier alpha value is -1.47. The lowest BCUT2D eigenvalue weighted by Gasteiger charge is -2.33. The molecule has 0 aliphatic rings. The first-order chi connectivity index (χ1) is 9.50. The van der Waals surface area contributed by atoms with Gasteiger partial charge < -0.3 is 5.32 Å². The predicted molar refractivity (Wildman–Crippen MR) is 80.9 cm³/mol. The molecule has 1 aromatic carbocycles. The fourth-order valence-electron chi connectivity index (χ4n) is 1.99. The Balaban J connectivity index is 2.67. The SMILES string of the molecule is CC(C)(C)N(CCC(=O)Nc1cccc(F)c1)S(C)(=O)=O. The number of nitrogens with zero attached hydrogens (tertiary/aromatic N) is 1. The molecule has 5 nitrogen and oxygen atoms in total. The topological polar surface area (TPSA) is 66.5 Å². The van der Waals surface area contributed by atoms with Gasteiger partial charge in [-0.05, 0) is 39.0 Å². The molecule has 0 spiro atoms. The fourth-order valence-corrected chi connectivity index (χ4v) is 3.41. The Labute approximate surface area is 125 Å². The van der Waals surface area contributed by atoms with E-state index < -0.39 is 21.4 Å². The van der Waals surface area contributed by atoms with Gasteiger partial charge in [-0.3, -0.25) is 4.79 Å². The second-order valence-electron chi connectivity index (χ2n) is 5.81. The minimum absolute atomic E-state index is 0.000847. The van der Waals surface area contributed by atoms with Gasteiger partial charge in [-0.15, -0.1) is 0 Å². The lowest BCUT2D eigenvalue weighted by atomic mass is 10.1. The van der Waals surface area contributed by atoms with Gasteiger partial charge in [0.05, 0.1) is 6.26 Å². The van der Waals surface area contributed by atoms with E-state index in [4.69, 9.17) is 0 Å². The van der Waals surface area contributed by atoms with Gasteiger partial charge in [0.25, 0.3) is 0 Å². The standard InChI is InChI=1S/C14H21FN2O3S/c1-14(2,3)17(21(4,19)20)9-8-13(18)16-12-7-5-6-11(15)10-12/h5-7,10H,8-9H2,1-4H3,(H,16,18). The van der Waals surface area contributed by atoms with Gasteiger partial charge in [0.15, 0.2) is 0 Å². The summed E-state index contributed by atoms with van der Waals surface area (Å²) in [4.78, 5) is 11.8. The van der Waals surface area contributed by atoms with Crippen LogP contribution in [-0.2, 0) is 14.8 Å². The van der Waals surface area contributed by atoms with Gasteiger partial charge in [0.1, 0.15) is 5.82 Å². The maximum atomic E-state index is 13.0. The summed E-state index contributed by atoms with van der Waals surface area (Å²) in [6, 6.07) is 5.54. The van der Waals surface area contributed by atoms with Crippen LogP contribution in [0.2, 0.25) is 0 Å². The Bertz CT molecular complexity index is 609. The molecule has 118 valence electrons. The molecule has 0 heterocycles. The first kappa shape index (κ1) is 17.6. The Morgan fingerprint density at radius 1 is 1.33 bits per heavy atom. The molecular formula is C14H21FN2O3S. The van der Waals surface area contributed by atoms with Gasteiger partial charge >= 0.3 is 0 Å². The third-order valence-electron chi connectivity index (χ3n) is 2.80. The van der Waals surface area contributed by atoms with Crippen molar-refractivity contribution in [1.82, 2.24) is 4.31 Å². The maximum Gasteiger partial charge on any atom is 0.225 e. The van der Waals surface area contributed by atoms with Crippen LogP contribution < -0.4 is 5.32 Å². The van der Waals surface area contributed by atoms with E-state index in [1.165, 1.54) is 22.5 Å². The number of hydrogen-bond acceptors (Lipinski definition) is 3.